The van der Waals surface area contributed by atoms with Crippen LogP contribution < -0.4 is 25.1 Å². The number of methoxy groups -OCH3 is 2. The van der Waals surface area contributed by atoms with Crippen molar-refractivity contribution in [2.45, 2.75) is 0 Å². The highest BCUT2D eigenvalue weighted by atomic mass is 16.5. The third-order valence-corrected chi connectivity index (χ3v) is 3.62. The van der Waals surface area contributed by atoms with E-state index in [-0.39, 0.29) is 6.61 Å². The summed E-state index contributed by atoms with van der Waals surface area (Å²) in [5, 5.41) is 0. The summed E-state index contributed by atoms with van der Waals surface area (Å²) in [6.45, 7) is 3.84. The maximum absolute atomic E-state index is 12.3. The van der Waals surface area contributed by atoms with Gasteiger partial charge in [0.2, 0.25) is 0 Å². The molecule has 0 aliphatic rings. The topological polar surface area (TPSA) is 85.9 Å². The van der Waals surface area contributed by atoms with Crippen LogP contribution in [0.1, 0.15) is 15.9 Å². The lowest BCUT2D eigenvalue weighted by Crippen LogP contribution is -2.40. The van der Waals surface area contributed by atoms with Gasteiger partial charge in [-0.25, -0.2) is 0 Å². The minimum Gasteiger partial charge on any atom is -0.493 e. The van der Waals surface area contributed by atoms with E-state index >= 15 is 0 Å². The number of para-hydroxylation sites is 1. The Hall–Kier alpha value is -3.74. The number of hydrogen-bond acceptors (Lipinski definition) is 5. The van der Waals surface area contributed by atoms with Crippen LogP contribution in [-0.4, -0.2) is 32.6 Å². The van der Waals surface area contributed by atoms with Crippen molar-refractivity contribution in [3.63, 3.8) is 0 Å². The summed E-state index contributed by atoms with van der Waals surface area (Å²) in [6, 6.07) is 12.0. The maximum atomic E-state index is 12.3. The van der Waals surface area contributed by atoms with Gasteiger partial charge >= 0.3 is 0 Å². The number of ether oxygens (including phenoxy) is 3. The number of hydrogen-bond donors (Lipinski definition) is 2. The monoisotopic (exact) mass is 382 g/mol. The minimum atomic E-state index is -0.493. The number of benzene rings is 2. The number of nitrogens with one attached hydrogen (secondary N) is 2. The Morgan fingerprint density at radius 2 is 1.75 bits per heavy atom. The van der Waals surface area contributed by atoms with E-state index in [0.717, 1.165) is 5.56 Å². The van der Waals surface area contributed by atoms with E-state index in [9.17, 15) is 9.59 Å². The summed E-state index contributed by atoms with van der Waals surface area (Å²) in [5.74, 6) is 0.554. The molecule has 146 valence electrons. The molecule has 28 heavy (non-hydrogen) atoms. The van der Waals surface area contributed by atoms with Crippen molar-refractivity contribution in [1.82, 2.24) is 10.9 Å². The second-order valence-electron chi connectivity index (χ2n) is 5.49. The van der Waals surface area contributed by atoms with E-state index < -0.39 is 11.8 Å². The largest absolute Gasteiger partial charge is 0.493 e. The Balaban J connectivity index is 1.96. The van der Waals surface area contributed by atoms with Gasteiger partial charge in [-0.15, -0.1) is 0 Å². The molecule has 0 aromatic heterocycles. The zero-order valence-corrected chi connectivity index (χ0v) is 15.7. The summed E-state index contributed by atoms with van der Waals surface area (Å²) in [4.78, 5) is 24.2. The van der Waals surface area contributed by atoms with E-state index in [1.165, 1.54) is 13.2 Å². The molecule has 0 fully saturated rings. The predicted molar refractivity (Wildman–Crippen MR) is 106 cm³/mol. The highest BCUT2D eigenvalue weighted by Crippen LogP contribution is 2.27. The number of hydrazine groups is 1. The van der Waals surface area contributed by atoms with Gasteiger partial charge in [0.05, 0.1) is 19.8 Å². The molecule has 0 radical (unpaired) electrons. The Morgan fingerprint density at radius 1 is 1.00 bits per heavy atom. The fraction of sp³-hybridized carbons (Fsp3) is 0.143. The van der Waals surface area contributed by atoms with E-state index in [2.05, 4.69) is 17.4 Å². The van der Waals surface area contributed by atoms with Gasteiger partial charge in [-0.05, 0) is 35.9 Å². The first-order chi connectivity index (χ1) is 13.6. The zero-order chi connectivity index (χ0) is 20.4. The molecular weight excluding hydrogens is 360 g/mol. The fourth-order valence-corrected chi connectivity index (χ4v) is 2.28. The second-order valence-corrected chi connectivity index (χ2v) is 5.49. The molecule has 0 atom stereocenters. The predicted octanol–water partition coefficient (Wildman–Crippen LogP) is 2.74. The fourth-order valence-electron chi connectivity index (χ4n) is 2.28. The lowest BCUT2D eigenvalue weighted by molar-refractivity contribution is -0.117. The second kappa shape index (κ2) is 10.4. The third kappa shape index (κ3) is 5.63. The SMILES string of the molecule is C=CCOc1ccccc1C(=O)NNC(=O)C=Cc1ccc(OC)c(OC)c1. The first-order valence-corrected chi connectivity index (χ1v) is 8.42. The van der Waals surface area contributed by atoms with Crippen LogP contribution >= 0.6 is 0 Å². The van der Waals surface area contributed by atoms with Crippen molar-refractivity contribution >= 4 is 17.9 Å². The molecule has 0 unspecified atom stereocenters. The zero-order valence-electron chi connectivity index (χ0n) is 15.7. The van der Waals surface area contributed by atoms with Crippen molar-refractivity contribution in [3.05, 3.63) is 72.3 Å². The molecule has 2 rings (SSSR count). The van der Waals surface area contributed by atoms with E-state index in [4.69, 9.17) is 14.2 Å². The smallest absolute Gasteiger partial charge is 0.273 e. The van der Waals surface area contributed by atoms with Gasteiger partial charge in [-0.3, -0.25) is 20.4 Å². The van der Waals surface area contributed by atoms with Crippen molar-refractivity contribution in [2.24, 2.45) is 0 Å². The Labute approximate surface area is 163 Å². The van der Waals surface area contributed by atoms with E-state index in [1.54, 1.807) is 61.7 Å². The molecule has 0 saturated carbocycles. The first-order valence-electron chi connectivity index (χ1n) is 8.42. The summed E-state index contributed by atoms with van der Waals surface area (Å²) in [7, 11) is 3.08. The molecule has 0 spiro atoms. The molecule has 2 aromatic rings. The van der Waals surface area contributed by atoms with Crippen molar-refractivity contribution in [2.75, 3.05) is 20.8 Å². The van der Waals surface area contributed by atoms with E-state index in [0.29, 0.717) is 22.8 Å². The third-order valence-electron chi connectivity index (χ3n) is 3.62. The van der Waals surface area contributed by atoms with Gasteiger partial charge in [0.1, 0.15) is 12.4 Å². The maximum Gasteiger partial charge on any atom is 0.273 e. The highest BCUT2D eigenvalue weighted by molar-refractivity contribution is 5.99. The molecule has 2 amide bonds. The first kappa shape index (κ1) is 20.6. The standard InChI is InChI=1S/C21H22N2O5/c1-4-13-28-17-8-6-5-7-16(17)21(25)23-22-20(24)12-10-15-9-11-18(26-2)19(14-15)27-3/h4-12,14H,1,13H2,2-3H3,(H,22,24)(H,23,25). The van der Waals surface area contributed by atoms with Crippen molar-refractivity contribution < 1.29 is 23.8 Å². The van der Waals surface area contributed by atoms with Crippen LogP contribution in [0.4, 0.5) is 0 Å². The van der Waals surface area contributed by atoms with Gasteiger partial charge in [0.25, 0.3) is 11.8 Å². The summed E-state index contributed by atoms with van der Waals surface area (Å²) >= 11 is 0. The molecule has 0 heterocycles. The quantitative estimate of drug-likeness (QED) is 0.417. The van der Waals surface area contributed by atoms with Crippen LogP contribution in [0, 0.1) is 0 Å². The molecule has 0 aliphatic heterocycles. The average Bonchev–Trinajstić information content (AvgIpc) is 2.74. The number of carbonyl (C=O) groups excluding carboxylic acids is 2. The normalized spacial score (nSPS) is 10.2. The number of carbonyl (C=O) groups is 2. The molecule has 2 N–H and O–H groups in total. The Morgan fingerprint density at radius 3 is 2.46 bits per heavy atom. The molecule has 0 aliphatic carbocycles. The molecule has 7 heteroatoms. The van der Waals surface area contributed by atoms with Crippen LogP contribution in [0.25, 0.3) is 6.08 Å². The minimum absolute atomic E-state index is 0.269. The van der Waals surface area contributed by atoms with Gasteiger partial charge in [-0.1, -0.05) is 30.9 Å². The van der Waals surface area contributed by atoms with Gasteiger partial charge in [0, 0.05) is 6.08 Å². The van der Waals surface area contributed by atoms with Crippen molar-refractivity contribution in [1.29, 1.82) is 0 Å². The lowest BCUT2D eigenvalue weighted by Gasteiger charge is -2.10. The summed E-state index contributed by atoms with van der Waals surface area (Å²) in [5.41, 5.74) is 5.72. The number of amides is 2. The van der Waals surface area contributed by atoms with Crippen LogP contribution in [-0.2, 0) is 4.79 Å². The Kier molecular flexibility index (Phi) is 7.65. The highest BCUT2D eigenvalue weighted by Gasteiger charge is 2.12. The average molecular weight is 382 g/mol. The van der Waals surface area contributed by atoms with E-state index in [1.807, 2.05) is 0 Å². The lowest BCUT2D eigenvalue weighted by atomic mass is 10.2. The molecule has 0 saturated heterocycles. The summed E-state index contributed by atoms with van der Waals surface area (Å²) in [6.07, 6.45) is 4.46. The van der Waals surface area contributed by atoms with Crippen LogP contribution in [0.2, 0.25) is 0 Å². The van der Waals surface area contributed by atoms with Crippen LogP contribution in [0.3, 0.4) is 0 Å². The molecular formula is C21H22N2O5. The summed E-state index contributed by atoms with van der Waals surface area (Å²) < 4.78 is 15.8. The van der Waals surface area contributed by atoms with Crippen molar-refractivity contribution in [3.8, 4) is 17.2 Å². The van der Waals surface area contributed by atoms with Gasteiger partial charge in [-0.2, -0.15) is 0 Å². The van der Waals surface area contributed by atoms with Crippen LogP contribution in [0.15, 0.2) is 61.2 Å². The van der Waals surface area contributed by atoms with Crippen LogP contribution in [0.5, 0.6) is 17.2 Å². The van der Waals surface area contributed by atoms with Gasteiger partial charge < -0.3 is 14.2 Å². The molecule has 7 nitrogen and oxygen atoms in total. The molecule has 2 aromatic carbocycles. The number of rotatable bonds is 8. The molecule has 0 bridgehead atoms. The Bertz CT molecular complexity index is 877. The van der Waals surface area contributed by atoms with Gasteiger partial charge in [0.15, 0.2) is 11.5 Å².